The highest BCUT2D eigenvalue weighted by Crippen LogP contribution is 2.20. The first-order chi connectivity index (χ1) is 15.0. The average Bonchev–Trinajstić information content (AvgIpc) is 3.22. The first-order valence-electron chi connectivity index (χ1n) is 10.7. The fourth-order valence-corrected chi connectivity index (χ4v) is 3.94. The third-order valence-corrected chi connectivity index (χ3v) is 5.98. The van der Waals surface area contributed by atoms with Crippen LogP contribution in [0.3, 0.4) is 0 Å². The van der Waals surface area contributed by atoms with Crippen molar-refractivity contribution in [1.82, 2.24) is 15.5 Å². The molecule has 0 saturated carbocycles. The van der Waals surface area contributed by atoms with E-state index < -0.39 is 53.8 Å². The molecule has 0 spiro atoms. The Morgan fingerprint density at radius 1 is 1.12 bits per heavy atom. The van der Waals surface area contributed by atoms with Crippen molar-refractivity contribution in [3.05, 3.63) is 0 Å². The zero-order chi connectivity index (χ0) is 24.4. The number of hydrogen-bond acceptors (Lipinski definition) is 7. The van der Waals surface area contributed by atoms with Crippen LogP contribution in [0.5, 0.6) is 0 Å². The first kappa shape index (κ1) is 27.7. The number of likely N-dealkylation sites (tertiary alicyclic amines) is 1. The van der Waals surface area contributed by atoms with Crippen LogP contribution in [-0.4, -0.2) is 82.3 Å². The molecule has 1 aliphatic heterocycles. The maximum absolute atomic E-state index is 13.1. The lowest BCUT2D eigenvalue weighted by Gasteiger charge is -2.29. The molecule has 11 nitrogen and oxygen atoms in total. The van der Waals surface area contributed by atoms with E-state index in [0.717, 1.165) is 0 Å². The minimum Gasteiger partial charge on any atom is -0.480 e. The third-order valence-electron chi connectivity index (χ3n) is 5.33. The Balaban J connectivity index is 2.90. The molecule has 0 aromatic heterocycles. The van der Waals surface area contributed by atoms with Crippen molar-refractivity contribution in [2.75, 3.05) is 18.6 Å². The Bertz CT molecular complexity index is 704. The first-order valence-corrected chi connectivity index (χ1v) is 12.1. The summed E-state index contributed by atoms with van der Waals surface area (Å²) in [4.78, 5) is 62.1. The molecular formula is C20H35N5O6S. The van der Waals surface area contributed by atoms with Gasteiger partial charge in [-0.25, -0.2) is 4.79 Å². The molecule has 1 saturated heterocycles. The van der Waals surface area contributed by atoms with Gasteiger partial charge in [0.2, 0.25) is 23.6 Å². The number of primary amides is 1. The van der Waals surface area contributed by atoms with Crippen LogP contribution in [0, 0.1) is 5.92 Å². The number of nitrogens with one attached hydrogen (secondary N) is 2. The number of carboxylic acid groups (broad SMARTS) is 1. The molecular weight excluding hydrogens is 438 g/mol. The molecule has 0 aliphatic carbocycles. The van der Waals surface area contributed by atoms with E-state index in [0.29, 0.717) is 31.6 Å². The number of thioether (sulfide) groups is 1. The van der Waals surface area contributed by atoms with Gasteiger partial charge >= 0.3 is 5.97 Å². The van der Waals surface area contributed by atoms with Crippen molar-refractivity contribution < 1.29 is 29.1 Å². The van der Waals surface area contributed by atoms with Crippen LogP contribution in [0.1, 0.15) is 46.0 Å². The van der Waals surface area contributed by atoms with Gasteiger partial charge in [-0.2, -0.15) is 11.8 Å². The van der Waals surface area contributed by atoms with Gasteiger partial charge in [-0.1, -0.05) is 13.8 Å². The fraction of sp³-hybridized carbons (Fsp3) is 0.750. The van der Waals surface area contributed by atoms with E-state index in [1.165, 1.54) is 16.7 Å². The van der Waals surface area contributed by atoms with Crippen molar-refractivity contribution in [2.24, 2.45) is 17.4 Å². The minimum absolute atomic E-state index is 0.0496. The van der Waals surface area contributed by atoms with Gasteiger partial charge in [0.05, 0.1) is 6.04 Å². The minimum atomic E-state index is -1.07. The molecule has 1 rings (SSSR count). The van der Waals surface area contributed by atoms with Crippen LogP contribution in [0.15, 0.2) is 0 Å². The van der Waals surface area contributed by atoms with E-state index in [4.69, 9.17) is 11.5 Å². The van der Waals surface area contributed by atoms with Crippen molar-refractivity contribution in [2.45, 2.75) is 70.1 Å². The normalized spacial score (nSPS) is 18.7. The summed E-state index contributed by atoms with van der Waals surface area (Å²) in [6.07, 6.45) is 3.14. The number of rotatable bonds is 13. The quantitative estimate of drug-likeness (QED) is 0.226. The summed E-state index contributed by atoms with van der Waals surface area (Å²) in [5.74, 6) is -2.97. The summed E-state index contributed by atoms with van der Waals surface area (Å²) in [6, 6.07) is -3.77. The van der Waals surface area contributed by atoms with Crippen LogP contribution >= 0.6 is 11.8 Å². The molecule has 0 radical (unpaired) electrons. The van der Waals surface area contributed by atoms with Gasteiger partial charge in [0.25, 0.3) is 0 Å². The van der Waals surface area contributed by atoms with Crippen LogP contribution in [0.4, 0.5) is 0 Å². The number of hydrogen-bond donors (Lipinski definition) is 5. The number of carbonyl (C=O) groups is 5. The Kier molecular flexibility index (Phi) is 11.5. The van der Waals surface area contributed by atoms with Gasteiger partial charge in [-0.05, 0) is 43.6 Å². The second kappa shape index (κ2) is 13.3. The van der Waals surface area contributed by atoms with E-state index in [9.17, 15) is 29.1 Å². The van der Waals surface area contributed by atoms with Crippen LogP contribution in [0.25, 0.3) is 0 Å². The average molecular weight is 474 g/mol. The molecule has 0 aromatic carbocycles. The Morgan fingerprint density at radius 2 is 1.78 bits per heavy atom. The number of carbonyl (C=O) groups excluding carboxylic acids is 4. The van der Waals surface area contributed by atoms with Crippen molar-refractivity contribution in [3.63, 3.8) is 0 Å². The van der Waals surface area contributed by atoms with E-state index >= 15 is 0 Å². The van der Waals surface area contributed by atoms with Gasteiger partial charge in [-0.3, -0.25) is 19.2 Å². The lowest BCUT2D eigenvalue weighted by molar-refractivity contribution is -0.149. The number of carboxylic acids is 1. The highest BCUT2D eigenvalue weighted by atomic mass is 32.2. The molecule has 1 heterocycles. The molecule has 12 heteroatoms. The van der Waals surface area contributed by atoms with Crippen molar-refractivity contribution in [3.8, 4) is 0 Å². The Morgan fingerprint density at radius 3 is 2.31 bits per heavy atom. The summed E-state index contributed by atoms with van der Waals surface area (Å²) in [5.41, 5.74) is 10.9. The summed E-state index contributed by atoms with van der Waals surface area (Å²) >= 11 is 1.50. The summed E-state index contributed by atoms with van der Waals surface area (Å²) < 4.78 is 0. The maximum atomic E-state index is 13.1. The SMILES string of the molecule is CSCCC(NC(=O)C(NC(=O)C(N)CCC(N)=O)C(C)C)C(=O)N1CCCC1C(=O)O. The number of nitrogens with two attached hydrogens (primary N) is 2. The molecule has 32 heavy (non-hydrogen) atoms. The molecule has 7 N–H and O–H groups in total. The molecule has 0 aromatic rings. The molecule has 1 aliphatic rings. The highest BCUT2D eigenvalue weighted by Gasteiger charge is 2.38. The molecule has 1 fully saturated rings. The second-order valence-corrected chi connectivity index (χ2v) is 9.20. The van der Waals surface area contributed by atoms with Gasteiger partial charge in [0.1, 0.15) is 18.1 Å². The van der Waals surface area contributed by atoms with Crippen molar-refractivity contribution in [1.29, 1.82) is 0 Å². The lowest BCUT2D eigenvalue weighted by atomic mass is 10.0. The van der Waals surface area contributed by atoms with Gasteiger partial charge < -0.3 is 32.1 Å². The highest BCUT2D eigenvalue weighted by molar-refractivity contribution is 7.98. The predicted octanol–water partition coefficient (Wildman–Crippen LogP) is -0.966. The maximum Gasteiger partial charge on any atom is 0.326 e. The Labute approximate surface area is 192 Å². The van der Waals surface area contributed by atoms with Gasteiger partial charge in [0, 0.05) is 13.0 Å². The summed E-state index contributed by atoms with van der Waals surface area (Å²) in [5, 5.41) is 14.7. The summed E-state index contributed by atoms with van der Waals surface area (Å²) in [7, 11) is 0. The summed E-state index contributed by atoms with van der Waals surface area (Å²) in [6.45, 7) is 3.79. The van der Waals surface area contributed by atoms with E-state index in [1.54, 1.807) is 13.8 Å². The number of nitrogens with zero attached hydrogens (tertiary/aromatic N) is 1. The van der Waals surface area contributed by atoms with E-state index in [1.807, 2.05) is 6.26 Å². The van der Waals surface area contributed by atoms with Crippen LogP contribution in [0.2, 0.25) is 0 Å². The number of amides is 4. The van der Waals surface area contributed by atoms with E-state index in [2.05, 4.69) is 10.6 Å². The van der Waals surface area contributed by atoms with Gasteiger partial charge in [-0.15, -0.1) is 0 Å². The lowest BCUT2D eigenvalue weighted by Crippen LogP contribution is -2.58. The topological polar surface area (TPSA) is 185 Å². The smallest absolute Gasteiger partial charge is 0.326 e. The zero-order valence-corrected chi connectivity index (χ0v) is 19.7. The largest absolute Gasteiger partial charge is 0.480 e. The number of aliphatic carboxylic acids is 1. The molecule has 4 atom stereocenters. The van der Waals surface area contributed by atoms with E-state index in [-0.39, 0.29) is 18.8 Å². The predicted molar refractivity (Wildman–Crippen MR) is 120 cm³/mol. The fourth-order valence-electron chi connectivity index (χ4n) is 3.47. The zero-order valence-electron chi connectivity index (χ0n) is 18.8. The van der Waals surface area contributed by atoms with Gasteiger partial charge in [0.15, 0.2) is 0 Å². The van der Waals surface area contributed by atoms with Crippen molar-refractivity contribution >= 4 is 41.4 Å². The molecule has 4 unspecified atom stereocenters. The second-order valence-electron chi connectivity index (χ2n) is 8.21. The Hall–Kier alpha value is -2.34. The molecule has 182 valence electrons. The standard InChI is InChI=1S/C20H35N5O6S/c1-11(2)16(24-17(27)12(21)6-7-15(22)26)18(28)23-13(8-10-32-3)19(29)25-9-4-5-14(25)20(30)31/h11-14,16H,4-10,21H2,1-3H3,(H2,22,26)(H,23,28)(H,24,27)(H,30,31). The van der Waals surface area contributed by atoms with Crippen LogP contribution in [-0.2, 0) is 24.0 Å². The van der Waals surface area contributed by atoms with Crippen LogP contribution < -0.4 is 22.1 Å². The molecule has 0 bridgehead atoms. The molecule has 4 amide bonds. The monoisotopic (exact) mass is 473 g/mol. The third kappa shape index (κ3) is 8.30.